The normalized spacial score (nSPS) is 21.1. The Labute approximate surface area is 281 Å². The number of nitrogens with zero attached hydrogens (tertiary/aromatic N) is 8. The van der Waals surface area contributed by atoms with E-state index in [0.717, 1.165) is 90.0 Å². The van der Waals surface area contributed by atoms with Crippen LogP contribution in [0.2, 0.25) is 0 Å². The lowest BCUT2D eigenvalue weighted by atomic mass is 10.0. The maximum Gasteiger partial charge on any atom is 0.100 e. The van der Waals surface area contributed by atoms with E-state index in [4.69, 9.17) is 29.9 Å². The predicted octanol–water partition coefficient (Wildman–Crippen LogP) is 5.34. The monoisotopic (exact) mass is 630 g/mol. The summed E-state index contributed by atoms with van der Waals surface area (Å²) in [6.07, 6.45) is 15.7. The maximum atomic E-state index is 5.33. The fourth-order valence-corrected chi connectivity index (χ4v) is 7.15. The van der Waals surface area contributed by atoms with Crippen LogP contribution in [-0.2, 0) is 6.67 Å². The summed E-state index contributed by atoms with van der Waals surface area (Å²) in [6.45, 7) is 0.482. The molecule has 230 valence electrons. The molecule has 10 heterocycles. The minimum Gasteiger partial charge on any atom is -0.321 e. The van der Waals surface area contributed by atoms with Crippen molar-refractivity contribution in [2.75, 3.05) is 0 Å². The molecule has 6 aromatic rings. The molecule has 8 heteroatoms. The van der Waals surface area contributed by atoms with Crippen LogP contribution in [0.25, 0.3) is 22.3 Å². The SMILES string of the molecule is C1=C/C2=C(\c3ccccn3)c3ccc4n3Cn3/c(cc/c3=C(\c3ccccn3)C3=N/C(=C\4c4ccccn4)C=C3)=C(/c3ccccn3)C1=N2. The van der Waals surface area contributed by atoms with Crippen molar-refractivity contribution >= 4 is 33.7 Å². The number of pyridine rings is 4. The molecule has 6 bridgehead atoms. The molecule has 10 rings (SSSR count). The molecule has 0 fully saturated rings. The molecule has 0 unspecified atom stereocenters. The zero-order valence-electron chi connectivity index (χ0n) is 26.1. The molecule has 0 spiro atoms. The lowest BCUT2D eigenvalue weighted by Gasteiger charge is -2.22. The quantitative estimate of drug-likeness (QED) is 0.263. The van der Waals surface area contributed by atoms with Gasteiger partial charge in [0.05, 0.1) is 67.7 Å². The Morgan fingerprint density at radius 3 is 1.18 bits per heavy atom. The van der Waals surface area contributed by atoms with Crippen LogP contribution >= 0.6 is 0 Å². The molecule has 4 aliphatic rings. The molecule has 0 saturated heterocycles. The molecular weight excluding hydrogens is 605 g/mol. The van der Waals surface area contributed by atoms with Crippen LogP contribution in [0.3, 0.4) is 0 Å². The van der Waals surface area contributed by atoms with Gasteiger partial charge in [0.15, 0.2) is 0 Å². The van der Waals surface area contributed by atoms with E-state index in [0.29, 0.717) is 6.67 Å². The molecule has 0 saturated carbocycles. The van der Waals surface area contributed by atoms with Crippen molar-refractivity contribution in [3.05, 3.63) is 202 Å². The smallest absolute Gasteiger partial charge is 0.100 e. The van der Waals surface area contributed by atoms with Gasteiger partial charge in [-0.05, 0) is 97.1 Å². The van der Waals surface area contributed by atoms with Crippen LogP contribution in [-0.4, -0.2) is 40.5 Å². The summed E-state index contributed by atoms with van der Waals surface area (Å²) in [7, 11) is 0. The Hall–Kier alpha value is -6.80. The third-order valence-corrected chi connectivity index (χ3v) is 9.26. The lowest BCUT2D eigenvalue weighted by molar-refractivity contribution is 0.577. The second kappa shape index (κ2) is 10.9. The fourth-order valence-electron chi connectivity index (χ4n) is 7.15. The van der Waals surface area contributed by atoms with E-state index >= 15 is 0 Å². The summed E-state index contributed by atoms with van der Waals surface area (Å²) < 4.78 is 4.71. The first-order valence-corrected chi connectivity index (χ1v) is 16.1. The van der Waals surface area contributed by atoms with Crippen LogP contribution in [0, 0.1) is 0 Å². The van der Waals surface area contributed by atoms with E-state index in [1.165, 1.54) is 0 Å². The van der Waals surface area contributed by atoms with E-state index < -0.39 is 0 Å². The molecule has 49 heavy (non-hydrogen) atoms. The Kier molecular flexibility index (Phi) is 6.07. The third kappa shape index (κ3) is 4.31. The summed E-state index contributed by atoms with van der Waals surface area (Å²) in [5.41, 5.74) is 12.5. The Morgan fingerprint density at radius 2 is 0.796 bits per heavy atom. The Morgan fingerprint density at radius 1 is 0.388 bits per heavy atom. The van der Waals surface area contributed by atoms with Gasteiger partial charge in [-0.2, -0.15) is 0 Å². The highest BCUT2D eigenvalue weighted by atomic mass is 15.2. The molecule has 8 nitrogen and oxygen atoms in total. The van der Waals surface area contributed by atoms with Gasteiger partial charge in [-0.15, -0.1) is 0 Å². The topological polar surface area (TPSA) is 86.1 Å². The third-order valence-electron chi connectivity index (χ3n) is 9.26. The van der Waals surface area contributed by atoms with Crippen molar-refractivity contribution in [2.24, 2.45) is 9.98 Å². The second-order valence-corrected chi connectivity index (χ2v) is 12.0. The molecule has 0 amide bonds. The average molecular weight is 631 g/mol. The van der Waals surface area contributed by atoms with Crippen LogP contribution in [0.5, 0.6) is 0 Å². The number of hydrogen-bond acceptors (Lipinski definition) is 6. The molecule has 0 aromatic carbocycles. The predicted molar refractivity (Wildman–Crippen MR) is 191 cm³/mol. The van der Waals surface area contributed by atoms with Gasteiger partial charge in [-0.3, -0.25) is 19.9 Å². The maximum absolute atomic E-state index is 5.33. The van der Waals surface area contributed by atoms with Crippen LogP contribution < -0.4 is 10.7 Å². The highest BCUT2D eigenvalue weighted by Crippen LogP contribution is 2.37. The van der Waals surface area contributed by atoms with Gasteiger partial charge in [0, 0.05) is 47.1 Å². The van der Waals surface area contributed by atoms with Gasteiger partial charge >= 0.3 is 0 Å². The van der Waals surface area contributed by atoms with Gasteiger partial charge in [-0.25, -0.2) is 9.98 Å². The largest absolute Gasteiger partial charge is 0.321 e. The molecule has 4 aliphatic heterocycles. The minimum absolute atomic E-state index is 0.482. The molecule has 0 N–H and O–H groups in total. The molecule has 6 aromatic heterocycles. The number of fused-ring (bicyclic) bond motifs is 2. The van der Waals surface area contributed by atoms with E-state index in [-0.39, 0.29) is 0 Å². The summed E-state index contributed by atoms with van der Waals surface area (Å²) in [6, 6.07) is 32.7. The van der Waals surface area contributed by atoms with E-state index in [1.54, 1.807) is 0 Å². The second-order valence-electron chi connectivity index (χ2n) is 12.0. The van der Waals surface area contributed by atoms with Crippen LogP contribution in [0.1, 0.15) is 34.2 Å². The first kappa shape index (κ1) is 27.3. The molecule has 0 atom stereocenters. The van der Waals surface area contributed by atoms with Crippen molar-refractivity contribution in [1.29, 1.82) is 0 Å². The van der Waals surface area contributed by atoms with Crippen molar-refractivity contribution < 1.29 is 0 Å². The van der Waals surface area contributed by atoms with Crippen LogP contribution in [0.15, 0.2) is 168 Å². The zero-order valence-corrected chi connectivity index (χ0v) is 26.1. The van der Waals surface area contributed by atoms with Gasteiger partial charge in [-0.1, -0.05) is 24.3 Å². The number of aliphatic imine (C=N–C) groups is 2. The van der Waals surface area contributed by atoms with E-state index in [1.807, 2.05) is 97.6 Å². The molecule has 0 aliphatic carbocycles. The van der Waals surface area contributed by atoms with Gasteiger partial charge in [0.1, 0.15) is 6.67 Å². The van der Waals surface area contributed by atoms with Gasteiger partial charge in [0.2, 0.25) is 0 Å². The number of allylic oxidation sites excluding steroid dienone is 4. The number of hydrogen-bond donors (Lipinski definition) is 0. The van der Waals surface area contributed by atoms with E-state index in [2.05, 4.69) is 57.7 Å². The zero-order chi connectivity index (χ0) is 32.3. The van der Waals surface area contributed by atoms with Crippen molar-refractivity contribution in [1.82, 2.24) is 29.1 Å². The first-order valence-electron chi connectivity index (χ1n) is 16.1. The first-order chi connectivity index (χ1) is 24.3. The molecular formula is C41H26N8. The van der Waals surface area contributed by atoms with Gasteiger partial charge in [0.25, 0.3) is 0 Å². The van der Waals surface area contributed by atoms with Gasteiger partial charge < -0.3 is 9.13 Å². The minimum atomic E-state index is 0.482. The highest BCUT2D eigenvalue weighted by molar-refractivity contribution is 6.31. The van der Waals surface area contributed by atoms with Crippen molar-refractivity contribution in [3.63, 3.8) is 0 Å². The summed E-state index contributed by atoms with van der Waals surface area (Å²) in [4.78, 5) is 30.1. The Bertz CT molecular complexity index is 2460. The standard InChI is InChI=1S/C41H26N8/c1-5-21-42-26(9-1)38-30-13-14-31(46-30)39(27-10-2-6-22-43-27)36-19-20-37-41(29-12-4-8-24-45-29)33-16-15-32(47-33)40(28-11-3-7-23-44-28)35-18-17-34(38)48(35)25-49(36)37/h1-24H,25H2/b38-30-,38-34?,39-31?,39-36-,40-32-,40-35?,41-33?,41-37-. The summed E-state index contributed by atoms with van der Waals surface area (Å²) >= 11 is 0. The van der Waals surface area contributed by atoms with Crippen LogP contribution in [0.4, 0.5) is 0 Å². The number of aromatic nitrogens is 6. The lowest BCUT2D eigenvalue weighted by Crippen LogP contribution is -2.36. The van der Waals surface area contributed by atoms with E-state index in [9.17, 15) is 0 Å². The van der Waals surface area contributed by atoms with Crippen molar-refractivity contribution in [2.45, 2.75) is 6.67 Å². The number of rotatable bonds is 4. The molecule has 0 radical (unpaired) electrons. The van der Waals surface area contributed by atoms with Crippen molar-refractivity contribution in [3.8, 4) is 0 Å². The summed E-state index contributed by atoms with van der Waals surface area (Å²) in [5.74, 6) is 0. The Balaban J connectivity index is 1.43. The highest BCUT2D eigenvalue weighted by Gasteiger charge is 2.29. The summed E-state index contributed by atoms with van der Waals surface area (Å²) in [5, 5.41) is 1.98. The fraction of sp³-hybridized carbons (Fsp3) is 0.0244. The average Bonchev–Trinajstić information content (AvgIpc) is 3.98.